The molecule has 1 rings (SSSR count). The van der Waals surface area contributed by atoms with Gasteiger partial charge in [0.05, 0.1) is 4.92 Å². The summed E-state index contributed by atoms with van der Waals surface area (Å²) in [6.45, 7) is 7.89. The van der Waals surface area contributed by atoms with Gasteiger partial charge in [0.2, 0.25) is 11.1 Å². The predicted molar refractivity (Wildman–Crippen MR) is 80.2 cm³/mol. The summed E-state index contributed by atoms with van der Waals surface area (Å²) in [5.41, 5.74) is 0.164. The van der Waals surface area contributed by atoms with Crippen LogP contribution in [-0.4, -0.2) is 20.9 Å². The molecule has 20 heavy (non-hydrogen) atoms. The highest BCUT2D eigenvalue weighted by molar-refractivity contribution is 6.28. The third-order valence-corrected chi connectivity index (χ3v) is 3.18. The van der Waals surface area contributed by atoms with E-state index < -0.39 is 4.92 Å². The summed E-state index contributed by atoms with van der Waals surface area (Å²) in [7, 11) is 0. The van der Waals surface area contributed by atoms with Crippen molar-refractivity contribution < 1.29 is 4.92 Å². The Hall–Kier alpha value is -1.43. The minimum absolute atomic E-state index is 0.0185. The van der Waals surface area contributed by atoms with E-state index in [1.165, 1.54) is 0 Å². The predicted octanol–water partition coefficient (Wildman–Crippen LogP) is 3.97. The Balaban J connectivity index is 2.78. The van der Waals surface area contributed by atoms with Crippen LogP contribution in [0.25, 0.3) is 0 Å². The highest BCUT2D eigenvalue weighted by Gasteiger charge is 2.22. The van der Waals surface area contributed by atoms with E-state index in [2.05, 4.69) is 29.1 Å². The van der Waals surface area contributed by atoms with Gasteiger partial charge in [0.15, 0.2) is 0 Å². The Kier molecular flexibility index (Phi) is 6.13. The van der Waals surface area contributed by atoms with E-state index in [0.29, 0.717) is 5.92 Å². The molecule has 112 valence electrons. The van der Waals surface area contributed by atoms with Crippen LogP contribution in [0.2, 0.25) is 5.28 Å². The molecule has 1 N–H and O–H groups in total. The molecule has 1 atom stereocenters. The van der Waals surface area contributed by atoms with E-state index in [4.69, 9.17) is 11.6 Å². The van der Waals surface area contributed by atoms with Gasteiger partial charge in [-0.1, -0.05) is 26.7 Å². The molecule has 0 aliphatic heterocycles. The summed E-state index contributed by atoms with van der Waals surface area (Å²) < 4.78 is 0. The molecule has 0 spiro atoms. The molecule has 0 radical (unpaired) electrons. The smallest absolute Gasteiger partial charge is 0.332 e. The van der Waals surface area contributed by atoms with E-state index in [9.17, 15) is 10.1 Å². The summed E-state index contributed by atoms with van der Waals surface area (Å²) >= 11 is 5.77. The second kappa shape index (κ2) is 7.38. The summed E-state index contributed by atoms with van der Waals surface area (Å²) in [4.78, 5) is 18.4. The van der Waals surface area contributed by atoms with Crippen LogP contribution < -0.4 is 5.32 Å². The highest BCUT2D eigenvalue weighted by atomic mass is 35.5. The topological polar surface area (TPSA) is 81.0 Å². The van der Waals surface area contributed by atoms with E-state index >= 15 is 0 Å². The molecule has 0 aromatic carbocycles. The third-order valence-electron chi connectivity index (χ3n) is 3.02. The Morgan fingerprint density at radius 1 is 1.30 bits per heavy atom. The molecule has 1 unspecified atom stereocenters. The van der Waals surface area contributed by atoms with Crippen molar-refractivity contribution in [3.8, 4) is 0 Å². The van der Waals surface area contributed by atoms with Gasteiger partial charge in [0.1, 0.15) is 5.69 Å². The lowest BCUT2D eigenvalue weighted by atomic mass is 10.0. The van der Waals surface area contributed by atoms with Crippen molar-refractivity contribution in [2.45, 2.75) is 53.0 Å². The number of aryl methyl sites for hydroxylation is 1. The summed E-state index contributed by atoms with van der Waals surface area (Å²) in [6, 6.07) is 0.0952. The average Bonchev–Trinajstić information content (AvgIpc) is 2.26. The zero-order chi connectivity index (χ0) is 15.3. The van der Waals surface area contributed by atoms with Gasteiger partial charge in [-0.25, -0.2) is 4.98 Å². The Labute approximate surface area is 124 Å². The minimum atomic E-state index is -0.477. The monoisotopic (exact) mass is 300 g/mol. The van der Waals surface area contributed by atoms with Gasteiger partial charge in [-0.15, -0.1) is 0 Å². The van der Waals surface area contributed by atoms with Crippen molar-refractivity contribution in [2.24, 2.45) is 5.92 Å². The lowest BCUT2D eigenvalue weighted by molar-refractivity contribution is -0.385. The van der Waals surface area contributed by atoms with Gasteiger partial charge in [-0.3, -0.25) is 10.1 Å². The van der Waals surface area contributed by atoms with Crippen molar-refractivity contribution >= 4 is 23.1 Å². The number of hydrogen-bond acceptors (Lipinski definition) is 5. The number of anilines is 1. The van der Waals surface area contributed by atoms with E-state index in [-0.39, 0.29) is 28.5 Å². The van der Waals surface area contributed by atoms with Crippen LogP contribution in [0.15, 0.2) is 0 Å². The third kappa shape index (κ3) is 4.92. The van der Waals surface area contributed by atoms with Crippen LogP contribution in [0.3, 0.4) is 0 Å². The molecular weight excluding hydrogens is 280 g/mol. The van der Waals surface area contributed by atoms with Gasteiger partial charge in [0.25, 0.3) is 0 Å². The van der Waals surface area contributed by atoms with Crippen molar-refractivity contribution in [3.63, 3.8) is 0 Å². The molecular formula is C13H21ClN4O2. The molecule has 0 amide bonds. The van der Waals surface area contributed by atoms with Gasteiger partial charge >= 0.3 is 5.69 Å². The molecule has 0 saturated carbocycles. The van der Waals surface area contributed by atoms with Crippen molar-refractivity contribution in [2.75, 3.05) is 5.32 Å². The average molecular weight is 301 g/mol. The minimum Gasteiger partial charge on any atom is -0.362 e. The molecule has 7 heteroatoms. The quantitative estimate of drug-likeness (QED) is 0.468. The maximum atomic E-state index is 11.1. The Bertz CT molecular complexity index is 480. The molecule has 6 nitrogen and oxygen atoms in total. The highest BCUT2D eigenvalue weighted by Crippen LogP contribution is 2.27. The first-order valence-electron chi connectivity index (χ1n) is 6.76. The summed E-state index contributed by atoms with van der Waals surface area (Å²) in [6.07, 6.45) is 3.13. The molecule has 0 aliphatic rings. The van der Waals surface area contributed by atoms with Crippen LogP contribution in [0, 0.1) is 23.0 Å². The Morgan fingerprint density at radius 3 is 2.50 bits per heavy atom. The molecule has 0 saturated heterocycles. The number of nitrogens with zero attached hydrogens (tertiary/aromatic N) is 3. The Morgan fingerprint density at radius 2 is 1.95 bits per heavy atom. The molecule has 1 heterocycles. The number of hydrogen-bond donors (Lipinski definition) is 1. The van der Waals surface area contributed by atoms with Gasteiger partial charge < -0.3 is 5.32 Å². The standard InChI is InChI=1S/C13H21ClN4O2/c1-8(2)6-5-7-9(3)15-12-11(18(19)20)10(4)16-13(14)17-12/h8-9H,5-7H2,1-4H3,(H,15,16,17). The van der Waals surface area contributed by atoms with Crippen molar-refractivity contribution in [1.29, 1.82) is 0 Å². The maximum absolute atomic E-state index is 11.1. The van der Waals surface area contributed by atoms with Gasteiger partial charge in [0, 0.05) is 6.04 Å². The molecule has 0 aliphatic carbocycles. The second-order valence-electron chi connectivity index (χ2n) is 5.40. The van der Waals surface area contributed by atoms with E-state index in [1.54, 1.807) is 6.92 Å². The van der Waals surface area contributed by atoms with Crippen molar-refractivity contribution in [3.05, 3.63) is 21.1 Å². The summed E-state index contributed by atoms with van der Waals surface area (Å²) in [5.74, 6) is 0.858. The number of nitrogens with one attached hydrogen (secondary N) is 1. The first-order chi connectivity index (χ1) is 9.31. The second-order valence-corrected chi connectivity index (χ2v) is 5.74. The molecule has 1 aromatic rings. The number of aromatic nitrogens is 2. The SMILES string of the molecule is Cc1nc(Cl)nc(NC(C)CCCC(C)C)c1[N+](=O)[O-]. The zero-order valence-corrected chi connectivity index (χ0v) is 13.1. The first-order valence-corrected chi connectivity index (χ1v) is 7.14. The van der Waals surface area contributed by atoms with E-state index in [0.717, 1.165) is 19.3 Å². The first kappa shape index (κ1) is 16.6. The molecule has 0 fully saturated rings. The van der Waals surface area contributed by atoms with Crippen LogP contribution >= 0.6 is 11.6 Å². The number of rotatable bonds is 7. The van der Waals surface area contributed by atoms with Crippen molar-refractivity contribution in [1.82, 2.24) is 9.97 Å². The maximum Gasteiger partial charge on any atom is 0.332 e. The summed E-state index contributed by atoms with van der Waals surface area (Å²) in [5, 5.41) is 14.2. The normalized spacial score (nSPS) is 12.5. The van der Waals surface area contributed by atoms with Gasteiger partial charge in [-0.2, -0.15) is 4.98 Å². The fourth-order valence-corrected chi connectivity index (χ4v) is 2.20. The molecule has 1 aromatic heterocycles. The fraction of sp³-hybridized carbons (Fsp3) is 0.692. The van der Waals surface area contributed by atoms with Crippen LogP contribution in [-0.2, 0) is 0 Å². The van der Waals surface area contributed by atoms with Gasteiger partial charge in [-0.05, 0) is 37.8 Å². The zero-order valence-electron chi connectivity index (χ0n) is 12.3. The molecule has 0 bridgehead atoms. The number of nitro groups is 1. The lowest BCUT2D eigenvalue weighted by Gasteiger charge is -2.15. The van der Waals surface area contributed by atoms with Crippen LogP contribution in [0.4, 0.5) is 11.5 Å². The van der Waals surface area contributed by atoms with Crippen LogP contribution in [0.1, 0.15) is 45.7 Å². The largest absolute Gasteiger partial charge is 0.362 e. The van der Waals surface area contributed by atoms with Crippen LogP contribution in [0.5, 0.6) is 0 Å². The lowest BCUT2D eigenvalue weighted by Crippen LogP contribution is -2.18. The number of halogens is 1. The fourth-order valence-electron chi connectivity index (χ4n) is 1.99. The van der Waals surface area contributed by atoms with E-state index in [1.807, 2.05) is 6.92 Å².